The van der Waals surface area contributed by atoms with Crippen LogP contribution in [0.5, 0.6) is 0 Å². The molecule has 1 heterocycles. The van der Waals surface area contributed by atoms with E-state index in [9.17, 15) is 0 Å². The van der Waals surface area contributed by atoms with Gasteiger partial charge < -0.3 is 4.90 Å². The van der Waals surface area contributed by atoms with Crippen molar-refractivity contribution in [2.75, 3.05) is 4.90 Å². The third-order valence-electron chi connectivity index (χ3n) is 10.7. The Labute approximate surface area is 277 Å². The first-order valence-electron chi connectivity index (χ1n) is 16.6. The summed E-state index contributed by atoms with van der Waals surface area (Å²) < 4.78 is 0. The lowest BCUT2D eigenvalue weighted by molar-refractivity contribution is 0.640. The lowest BCUT2D eigenvalue weighted by Gasteiger charge is -2.38. The SMILES string of the molecule is CC1(C)c2ccccc2-c2c(-c3cccc4ccncc34)c3c(c(N(c4ccccc4)c4ccccc4)c21)C(C)(C)c1ccccc1-3. The van der Waals surface area contributed by atoms with Gasteiger partial charge in [-0.1, -0.05) is 131 Å². The molecule has 6 aromatic carbocycles. The smallest absolute Gasteiger partial charge is 0.0556 e. The summed E-state index contributed by atoms with van der Waals surface area (Å²) in [6.45, 7) is 9.69. The molecule has 47 heavy (non-hydrogen) atoms. The third-order valence-corrected chi connectivity index (χ3v) is 10.7. The zero-order valence-corrected chi connectivity index (χ0v) is 27.3. The molecule has 2 nitrogen and oxygen atoms in total. The molecule has 9 rings (SSSR count). The van der Waals surface area contributed by atoms with Crippen molar-refractivity contribution < 1.29 is 0 Å². The first-order valence-corrected chi connectivity index (χ1v) is 16.6. The molecule has 0 amide bonds. The third kappa shape index (κ3) is 3.82. The number of aromatic nitrogens is 1. The standard InChI is InChI=1S/C45H36N2/c1-44(2)36-24-13-11-21-33(36)39-38(32-23-15-16-29-26-27-46-28-35(29)32)40-34-22-12-14-25-37(34)45(3,4)42(40)43(41(39)44)47(30-17-7-5-8-18-30)31-19-9-6-10-20-31/h5-28H,1-4H3. The van der Waals surface area contributed by atoms with E-state index in [2.05, 4.69) is 177 Å². The molecular weight excluding hydrogens is 569 g/mol. The number of hydrogen-bond acceptors (Lipinski definition) is 2. The Morgan fingerprint density at radius 2 is 0.957 bits per heavy atom. The minimum atomic E-state index is -0.263. The van der Waals surface area contributed by atoms with Crippen molar-refractivity contribution in [3.8, 4) is 33.4 Å². The second-order valence-electron chi connectivity index (χ2n) is 14.0. The summed E-state index contributed by atoms with van der Waals surface area (Å²) in [4.78, 5) is 7.18. The van der Waals surface area contributed by atoms with Crippen LogP contribution >= 0.6 is 0 Å². The highest BCUT2D eigenvalue weighted by Crippen LogP contribution is 2.66. The Hall–Kier alpha value is -5.47. The monoisotopic (exact) mass is 604 g/mol. The summed E-state index contributed by atoms with van der Waals surface area (Å²) in [5.74, 6) is 0. The molecule has 226 valence electrons. The van der Waals surface area contributed by atoms with Gasteiger partial charge in [0.1, 0.15) is 0 Å². The van der Waals surface area contributed by atoms with Gasteiger partial charge in [-0.3, -0.25) is 4.98 Å². The van der Waals surface area contributed by atoms with E-state index >= 15 is 0 Å². The van der Waals surface area contributed by atoms with Crippen LogP contribution in [0.3, 0.4) is 0 Å². The first-order chi connectivity index (χ1) is 22.9. The van der Waals surface area contributed by atoms with E-state index in [-0.39, 0.29) is 10.8 Å². The van der Waals surface area contributed by atoms with Crippen molar-refractivity contribution >= 4 is 27.8 Å². The van der Waals surface area contributed by atoms with Gasteiger partial charge in [-0.2, -0.15) is 0 Å². The Kier molecular flexibility index (Phi) is 5.92. The Morgan fingerprint density at radius 3 is 1.51 bits per heavy atom. The van der Waals surface area contributed by atoms with Crippen LogP contribution in [-0.2, 0) is 10.8 Å². The van der Waals surface area contributed by atoms with E-state index in [1.54, 1.807) is 0 Å². The number of fused-ring (bicyclic) bond motifs is 7. The van der Waals surface area contributed by atoms with E-state index in [1.807, 2.05) is 6.20 Å². The molecule has 0 saturated heterocycles. The fourth-order valence-corrected chi connectivity index (χ4v) is 8.64. The highest BCUT2D eigenvalue weighted by Gasteiger charge is 2.49. The van der Waals surface area contributed by atoms with Crippen molar-refractivity contribution in [2.45, 2.75) is 38.5 Å². The van der Waals surface area contributed by atoms with Crippen LogP contribution in [0.4, 0.5) is 17.1 Å². The van der Waals surface area contributed by atoms with Gasteiger partial charge in [0, 0.05) is 40.0 Å². The fourth-order valence-electron chi connectivity index (χ4n) is 8.64. The Morgan fingerprint density at radius 1 is 0.468 bits per heavy atom. The maximum Gasteiger partial charge on any atom is 0.0556 e. The van der Waals surface area contributed by atoms with E-state index in [0.29, 0.717) is 0 Å². The number of anilines is 3. The van der Waals surface area contributed by atoms with Crippen molar-refractivity contribution in [3.05, 3.63) is 168 Å². The average Bonchev–Trinajstić information content (AvgIpc) is 3.49. The van der Waals surface area contributed by atoms with Gasteiger partial charge in [-0.05, 0) is 91.4 Å². The van der Waals surface area contributed by atoms with Crippen molar-refractivity contribution in [3.63, 3.8) is 0 Å². The molecule has 2 heteroatoms. The zero-order chi connectivity index (χ0) is 31.9. The number of para-hydroxylation sites is 2. The van der Waals surface area contributed by atoms with Crippen LogP contribution in [0.25, 0.3) is 44.2 Å². The molecule has 0 atom stereocenters. The van der Waals surface area contributed by atoms with E-state index in [0.717, 1.165) is 11.4 Å². The molecule has 1 aromatic heterocycles. The second-order valence-corrected chi connectivity index (χ2v) is 14.0. The van der Waals surface area contributed by atoms with Crippen LogP contribution in [-0.4, -0.2) is 4.98 Å². The number of pyridine rings is 1. The van der Waals surface area contributed by atoms with Crippen LogP contribution in [0.2, 0.25) is 0 Å². The van der Waals surface area contributed by atoms with Crippen LogP contribution < -0.4 is 4.90 Å². The largest absolute Gasteiger partial charge is 0.310 e. The molecule has 7 aromatic rings. The highest BCUT2D eigenvalue weighted by molar-refractivity contribution is 6.13. The van der Waals surface area contributed by atoms with Crippen LogP contribution in [0, 0.1) is 0 Å². The van der Waals surface area contributed by atoms with E-state index in [1.165, 1.54) is 72.1 Å². The molecule has 0 N–H and O–H groups in total. The Bertz CT molecular complexity index is 2220. The number of hydrogen-bond donors (Lipinski definition) is 0. The molecule has 0 fully saturated rings. The van der Waals surface area contributed by atoms with Crippen LogP contribution in [0.15, 0.2) is 146 Å². The summed E-state index contributed by atoms with van der Waals surface area (Å²) in [6.07, 6.45) is 3.95. The number of nitrogens with zero attached hydrogens (tertiary/aromatic N) is 2. The van der Waals surface area contributed by atoms with Crippen molar-refractivity contribution in [1.82, 2.24) is 4.98 Å². The molecule has 0 spiro atoms. The quantitative estimate of drug-likeness (QED) is 0.199. The molecule has 0 unspecified atom stereocenters. The second kappa shape index (κ2) is 10.0. The number of rotatable bonds is 4. The normalized spacial score (nSPS) is 14.7. The summed E-state index contributed by atoms with van der Waals surface area (Å²) in [7, 11) is 0. The highest BCUT2D eigenvalue weighted by atomic mass is 15.2. The minimum absolute atomic E-state index is 0.263. The van der Waals surface area contributed by atoms with E-state index in [4.69, 9.17) is 0 Å². The van der Waals surface area contributed by atoms with Gasteiger partial charge in [-0.25, -0.2) is 0 Å². The summed E-state index contributed by atoms with van der Waals surface area (Å²) in [6, 6.07) is 48.9. The molecule has 2 aliphatic rings. The number of benzene rings is 6. The van der Waals surface area contributed by atoms with E-state index < -0.39 is 0 Å². The average molecular weight is 605 g/mol. The van der Waals surface area contributed by atoms with Crippen molar-refractivity contribution in [2.24, 2.45) is 0 Å². The molecule has 2 aliphatic carbocycles. The van der Waals surface area contributed by atoms with Gasteiger partial charge in [-0.15, -0.1) is 0 Å². The van der Waals surface area contributed by atoms with Gasteiger partial charge >= 0.3 is 0 Å². The zero-order valence-electron chi connectivity index (χ0n) is 27.3. The lowest BCUT2D eigenvalue weighted by Crippen LogP contribution is -2.26. The summed E-state index contributed by atoms with van der Waals surface area (Å²) in [5.41, 5.74) is 16.4. The minimum Gasteiger partial charge on any atom is -0.310 e. The predicted molar refractivity (Wildman–Crippen MR) is 197 cm³/mol. The lowest BCUT2D eigenvalue weighted by atomic mass is 9.73. The summed E-state index contributed by atoms with van der Waals surface area (Å²) in [5, 5.41) is 2.38. The maximum atomic E-state index is 4.65. The first kappa shape index (κ1) is 27.8. The fraction of sp³-hybridized carbons (Fsp3) is 0.133. The Balaban J connectivity index is 1.56. The van der Waals surface area contributed by atoms with Crippen LogP contribution in [0.1, 0.15) is 49.9 Å². The molecule has 0 bridgehead atoms. The van der Waals surface area contributed by atoms with Gasteiger partial charge in [0.05, 0.1) is 5.69 Å². The van der Waals surface area contributed by atoms with Gasteiger partial charge in [0.2, 0.25) is 0 Å². The van der Waals surface area contributed by atoms with Crippen molar-refractivity contribution in [1.29, 1.82) is 0 Å². The molecule has 0 saturated carbocycles. The summed E-state index contributed by atoms with van der Waals surface area (Å²) >= 11 is 0. The predicted octanol–water partition coefficient (Wildman–Crippen LogP) is 12.0. The maximum absolute atomic E-state index is 4.65. The molecule has 0 aliphatic heterocycles. The topological polar surface area (TPSA) is 16.1 Å². The van der Waals surface area contributed by atoms with Gasteiger partial charge in [0.15, 0.2) is 0 Å². The van der Waals surface area contributed by atoms with Gasteiger partial charge in [0.25, 0.3) is 0 Å². The molecular formula is C45H36N2. The molecule has 0 radical (unpaired) electrons.